The van der Waals surface area contributed by atoms with E-state index in [0.717, 1.165) is 11.7 Å². The minimum Gasteiger partial charge on any atom is -0.496 e. The lowest BCUT2D eigenvalue weighted by Crippen LogP contribution is -2.37. The number of hydrogen-bond donors (Lipinski definition) is 1. The van der Waals surface area contributed by atoms with Crippen molar-refractivity contribution in [2.24, 2.45) is 0 Å². The molecule has 0 saturated carbocycles. The van der Waals surface area contributed by atoms with Crippen molar-refractivity contribution in [1.82, 2.24) is 5.32 Å². The van der Waals surface area contributed by atoms with Crippen molar-refractivity contribution in [3.05, 3.63) is 28.8 Å². The Balaban J connectivity index is 2.06. The molecular weight excluding hydrogens is 198 g/mol. The molecule has 1 aromatic carbocycles. The first-order valence-electron chi connectivity index (χ1n) is 6.21. The van der Waals surface area contributed by atoms with E-state index in [0.29, 0.717) is 6.04 Å². The van der Waals surface area contributed by atoms with Crippen LogP contribution in [0.2, 0.25) is 0 Å². The van der Waals surface area contributed by atoms with Gasteiger partial charge in [-0.05, 0) is 55.5 Å². The number of methoxy groups -OCH3 is 1. The van der Waals surface area contributed by atoms with Gasteiger partial charge in [-0.15, -0.1) is 0 Å². The standard InChI is InChI=1S/C14H19NO/c1-9-13(16-2)6-5-10-8-12-11(14(9)10)4-3-7-15-12/h5-6,11-12,15H,3-4,7-8H2,1-2H3. The molecule has 1 aliphatic carbocycles. The van der Waals surface area contributed by atoms with Gasteiger partial charge in [-0.2, -0.15) is 0 Å². The topological polar surface area (TPSA) is 21.3 Å². The number of benzene rings is 1. The Bertz CT molecular complexity index is 413. The van der Waals surface area contributed by atoms with Gasteiger partial charge in [0.15, 0.2) is 0 Å². The van der Waals surface area contributed by atoms with Crippen LogP contribution in [0.25, 0.3) is 0 Å². The molecule has 3 rings (SSSR count). The Morgan fingerprint density at radius 1 is 1.38 bits per heavy atom. The summed E-state index contributed by atoms with van der Waals surface area (Å²) < 4.78 is 5.43. The summed E-state index contributed by atoms with van der Waals surface area (Å²) in [6.45, 7) is 3.39. The first-order chi connectivity index (χ1) is 7.81. The van der Waals surface area contributed by atoms with Gasteiger partial charge in [-0.25, -0.2) is 0 Å². The van der Waals surface area contributed by atoms with Crippen LogP contribution in [0.15, 0.2) is 12.1 Å². The van der Waals surface area contributed by atoms with Crippen molar-refractivity contribution in [3.8, 4) is 5.75 Å². The van der Waals surface area contributed by atoms with Gasteiger partial charge < -0.3 is 10.1 Å². The number of piperidine rings is 1. The van der Waals surface area contributed by atoms with Gasteiger partial charge >= 0.3 is 0 Å². The number of hydrogen-bond acceptors (Lipinski definition) is 2. The van der Waals surface area contributed by atoms with Gasteiger partial charge in [0.25, 0.3) is 0 Å². The van der Waals surface area contributed by atoms with Crippen LogP contribution in [0.1, 0.15) is 35.4 Å². The highest BCUT2D eigenvalue weighted by Crippen LogP contribution is 2.42. The molecule has 0 bridgehead atoms. The number of nitrogens with one attached hydrogen (secondary N) is 1. The van der Waals surface area contributed by atoms with Crippen LogP contribution in [-0.2, 0) is 6.42 Å². The summed E-state index contributed by atoms with van der Waals surface area (Å²) in [5.74, 6) is 1.77. The quantitative estimate of drug-likeness (QED) is 0.780. The maximum atomic E-state index is 5.43. The van der Waals surface area contributed by atoms with Crippen molar-refractivity contribution in [3.63, 3.8) is 0 Å². The fraction of sp³-hybridized carbons (Fsp3) is 0.571. The van der Waals surface area contributed by atoms with Crippen LogP contribution in [0, 0.1) is 6.92 Å². The Kier molecular flexibility index (Phi) is 2.40. The molecule has 0 aromatic heterocycles. The molecule has 2 aliphatic rings. The second kappa shape index (κ2) is 3.77. The van der Waals surface area contributed by atoms with Crippen LogP contribution >= 0.6 is 0 Å². The van der Waals surface area contributed by atoms with Crippen LogP contribution in [-0.4, -0.2) is 19.7 Å². The summed E-state index contributed by atoms with van der Waals surface area (Å²) in [5.41, 5.74) is 4.45. The minimum atomic E-state index is 0.676. The van der Waals surface area contributed by atoms with Crippen LogP contribution < -0.4 is 10.1 Å². The zero-order valence-corrected chi connectivity index (χ0v) is 10.0. The predicted molar refractivity (Wildman–Crippen MR) is 65.2 cm³/mol. The van der Waals surface area contributed by atoms with Gasteiger partial charge in [0.2, 0.25) is 0 Å². The van der Waals surface area contributed by atoms with Crippen molar-refractivity contribution < 1.29 is 4.74 Å². The third-order valence-corrected chi connectivity index (χ3v) is 4.17. The average molecular weight is 217 g/mol. The molecule has 2 nitrogen and oxygen atoms in total. The van der Waals surface area contributed by atoms with E-state index in [4.69, 9.17) is 4.74 Å². The monoisotopic (exact) mass is 217 g/mol. The second-order valence-corrected chi connectivity index (χ2v) is 4.98. The molecule has 86 valence electrons. The fourth-order valence-electron chi connectivity index (χ4n) is 3.43. The van der Waals surface area contributed by atoms with Gasteiger partial charge in [0.1, 0.15) is 5.75 Å². The Morgan fingerprint density at radius 3 is 3.06 bits per heavy atom. The first kappa shape index (κ1) is 10.2. The molecule has 1 fully saturated rings. The number of rotatable bonds is 1. The zero-order valence-electron chi connectivity index (χ0n) is 10.0. The van der Waals surface area contributed by atoms with E-state index in [-0.39, 0.29) is 0 Å². The molecule has 2 unspecified atom stereocenters. The summed E-state index contributed by atoms with van der Waals surface area (Å²) in [7, 11) is 1.76. The Hall–Kier alpha value is -1.02. The highest BCUT2D eigenvalue weighted by Gasteiger charge is 2.35. The van der Waals surface area contributed by atoms with E-state index in [9.17, 15) is 0 Å². The lowest BCUT2D eigenvalue weighted by Gasteiger charge is -2.28. The van der Waals surface area contributed by atoms with Crippen LogP contribution in [0.4, 0.5) is 0 Å². The van der Waals surface area contributed by atoms with E-state index in [1.807, 2.05) is 0 Å². The van der Waals surface area contributed by atoms with E-state index in [1.54, 1.807) is 12.7 Å². The molecule has 0 radical (unpaired) electrons. The predicted octanol–water partition coefficient (Wildman–Crippen LogP) is 2.40. The summed E-state index contributed by atoms with van der Waals surface area (Å²) in [4.78, 5) is 0. The third-order valence-electron chi connectivity index (χ3n) is 4.17. The molecular formula is C14H19NO. The molecule has 2 heteroatoms. The van der Waals surface area contributed by atoms with Crippen LogP contribution in [0.5, 0.6) is 5.75 Å². The normalized spacial score (nSPS) is 27.4. The smallest absolute Gasteiger partial charge is 0.122 e. The first-order valence-corrected chi connectivity index (χ1v) is 6.21. The number of fused-ring (bicyclic) bond motifs is 3. The van der Waals surface area contributed by atoms with Gasteiger partial charge in [-0.1, -0.05) is 6.07 Å². The lowest BCUT2D eigenvalue weighted by atomic mass is 9.88. The third kappa shape index (κ3) is 1.36. The summed E-state index contributed by atoms with van der Waals surface area (Å²) >= 11 is 0. The van der Waals surface area contributed by atoms with Gasteiger partial charge in [-0.3, -0.25) is 0 Å². The Labute approximate surface area is 97.0 Å². The zero-order chi connectivity index (χ0) is 11.1. The minimum absolute atomic E-state index is 0.676. The highest BCUT2D eigenvalue weighted by molar-refractivity contribution is 5.50. The summed E-state index contributed by atoms with van der Waals surface area (Å²) in [6.07, 6.45) is 3.83. The molecule has 16 heavy (non-hydrogen) atoms. The molecule has 1 N–H and O–H groups in total. The lowest BCUT2D eigenvalue weighted by molar-refractivity contribution is 0.370. The second-order valence-electron chi connectivity index (χ2n) is 4.98. The Morgan fingerprint density at radius 2 is 2.25 bits per heavy atom. The molecule has 1 saturated heterocycles. The van der Waals surface area contributed by atoms with Crippen molar-refractivity contribution in [1.29, 1.82) is 0 Å². The van der Waals surface area contributed by atoms with E-state index in [1.165, 1.54) is 36.9 Å². The van der Waals surface area contributed by atoms with Gasteiger partial charge in [0, 0.05) is 12.0 Å². The van der Waals surface area contributed by atoms with Crippen LogP contribution in [0.3, 0.4) is 0 Å². The molecule has 1 aliphatic heterocycles. The van der Waals surface area contributed by atoms with Crippen molar-refractivity contribution in [2.45, 2.75) is 38.1 Å². The largest absolute Gasteiger partial charge is 0.496 e. The number of ether oxygens (including phenoxy) is 1. The molecule has 0 amide bonds. The highest BCUT2D eigenvalue weighted by atomic mass is 16.5. The average Bonchev–Trinajstić information content (AvgIpc) is 2.68. The maximum Gasteiger partial charge on any atom is 0.122 e. The van der Waals surface area contributed by atoms with E-state index >= 15 is 0 Å². The van der Waals surface area contributed by atoms with E-state index < -0.39 is 0 Å². The maximum absolute atomic E-state index is 5.43. The SMILES string of the molecule is COc1ccc2c(c1C)C1CCCNC1C2. The molecule has 1 heterocycles. The van der Waals surface area contributed by atoms with Crippen molar-refractivity contribution in [2.75, 3.05) is 13.7 Å². The molecule has 0 spiro atoms. The summed E-state index contributed by atoms with van der Waals surface area (Å²) in [6, 6.07) is 5.04. The fourth-order valence-corrected chi connectivity index (χ4v) is 3.43. The molecule has 1 aromatic rings. The van der Waals surface area contributed by atoms with Gasteiger partial charge in [0.05, 0.1) is 7.11 Å². The van der Waals surface area contributed by atoms with Crippen molar-refractivity contribution >= 4 is 0 Å². The molecule has 2 atom stereocenters. The summed E-state index contributed by atoms with van der Waals surface area (Å²) in [5, 5.41) is 3.65. The van der Waals surface area contributed by atoms with E-state index in [2.05, 4.69) is 24.4 Å².